The van der Waals surface area contributed by atoms with Gasteiger partial charge in [-0.1, -0.05) is 80.8 Å². The molecule has 34 heavy (non-hydrogen) atoms. The van der Waals surface area contributed by atoms with Crippen LogP contribution < -0.4 is 0 Å². The molecule has 3 heteroatoms. The molecule has 180 valence electrons. The average molecular weight is 458 g/mol. The Hall–Kier alpha value is -2.36. The first-order chi connectivity index (χ1) is 16.6. The molecule has 5 rings (SSSR count). The maximum Gasteiger partial charge on any atom is 0.141 e. The van der Waals surface area contributed by atoms with Crippen LogP contribution in [0.1, 0.15) is 69.4 Å². The first-order valence-electron chi connectivity index (χ1n) is 13.3. The van der Waals surface area contributed by atoms with Gasteiger partial charge in [-0.15, -0.1) is 0 Å². The van der Waals surface area contributed by atoms with E-state index in [0.29, 0.717) is 5.92 Å². The third-order valence-corrected chi connectivity index (χ3v) is 8.49. The van der Waals surface area contributed by atoms with Crippen LogP contribution >= 0.6 is 0 Å². The second kappa shape index (κ2) is 10.5. The summed E-state index contributed by atoms with van der Waals surface area (Å²) in [6.45, 7) is 5.44. The Morgan fingerprint density at radius 3 is 2.65 bits per heavy atom. The minimum absolute atomic E-state index is 0.217. The maximum absolute atomic E-state index is 11.7. The molecule has 1 aromatic heterocycles. The molecule has 3 aromatic rings. The van der Waals surface area contributed by atoms with Gasteiger partial charge in [-0.05, 0) is 61.8 Å². The zero-order valence-electron chi connectivity index (χ0n) is 20.6. The van der Waals surface area contributed by atoms with E-state index in [1.54, 1.807) is 6.26 Å². The third kappa shape index (κ3) is 4.87. The minimum atomic E-state index is -0.285. The lowest BCUT2D eigenvalue weighted by Gasteiger charge is -2.42. The summed E-state index contributed by atoms with van der Waals surface area (Å²) in [6, 6.07) is 19.3. The van der Waals surface area contributed by atoms with Gasteiger partial charge in [-0.2, -0.15) is 0 Å². The van der Waals surface area contributed by atoms with Crippen LogP contribution in [0.25, 0.3) is 16.5 Å². The largest absolute Gasteiger partial charge is 0.464 e. The lowest BCUT2D eigenvalue weighted by Crippen LogP contribution is -2.45. The van der Waals surface area contributed by atoms with Crippen LogP contribution in [0.2, 0.25) is 0 Å². The first kappa shape index (κ1) is 23.4. The number of aliphatic hydroxyl groups excluding tert-OH is 1. The number of benzene rings is 2. The van der Waals surface area contributed by atoms with Gasteiger partial charge in [0.2, 0.25) is 0 Å². The van der Waals surface area contributed by atoms with Gasteiger partial charge in [0.1, 0.15) is 5.58 Å². The van der Waals surface area contributed by atoms with Crippen molar-refractivity contribution >= 4 is 16.5 Å². The minimum Gasteiger partial charge on any atom is -0.464 e. The second-order valence-corrected chi connectivity index (χ2v) is 10.6. The number of aliphatic hydroxyl groups is 1. The van der Waals surface area contributed by atoms with Crippen molar-refractivity contribution in [2.24, 2.45) is 5.92 Å². The molecule has 0 amide bonds. The summed E-state index contributed by atoms with van der Waals surface area (Å²) in [5.41, 5.74) is 4.72. The van der Waals surface area contributed by atoms with Crippen molar-refractivity contribution in [2.45, 2.75) is 69.8 Å². The summed E-state index contributed by atoms with van der Waals surface area (Å²) in [7, 11) is 0. The summed E-state index contributed by atoms with van der Waals surface area (Å²) in [4.78, 5) is 2.60. The molecule has 1 saturated carbocycles. The van der Waals surface area contributed by atoms with Crippen molar-refractivity contribution < 1.29 is 9.52 Å². The summed E-state index contributed by atoms with van der Waals surface area (Å²) in [5, 5.41) is 12.8. The predicted octanol–water partition coefficient (Wildman–Crippen LogP) is 7.20. The van der Waals surface area contributed by atoms with Gasteiger partial charge >= 0.3 is 0 Å². The lowest BCUT2D eigenvalue weighted by atomic mass is 9.67. The Labute approximate surface area is 204 Å². The number of para-hydroxylation sites is 1. The van der Waals surface area contributed by atoms with E-state index in [1.165, 1.54) is 54.2 Å². The number of nitrogens with zero attached hydrogens (tertiary/aromatic N) is 1. The quantitative estimate of drug-likeness (QED) is 0.407. The molecule has 0 bridgehead atoms. The molecule has 2 atom stereocenters. The highest BCUT2D eigenvalue weighted by Crippen LogP contribution is 2.40. The van der Waals surface area contributed by atoms with Gasteiger partial charge in [-0.25, -0.2) is 0 Å². The Balaban J connectivity index is 1.28. The number of fused-ring (bicyclic) bond motifs is 1. The van der Waals surface area contributed by atoms with Gasteiger partial charge in [0, 0.05) is 29.5 Å². The Morgan fingerprint density at radius 2 is 1.82 bits per heavy atom. The molecule has 2 heterocycles. The molecule has 0 radical (unpaired) electrons. The SMILES string of the molecule is CC(CCN1CCC=C(c2cccc3ccoc23)CC1)(c1ccccc1)C(O)C1CCCCC1. The Bertz CT molecular complexity index is 1090. The molecule has 0 spiro atoms. The van der Waals surface area contributed by atoms with E-state index in [0.717, 1.165) is 44.5 Å². The van der Waals surface area contributed by atoms with Crippen LogP contribution in [0.3, 0.4) is 0 Å². The molecule has 2 aliphatic rings. The number of hydrogen-bond donors (Lipinski definition) is 1. The summed E-state index contributed by atoms with van der Waals surface area (Å²) in [5.74, 6) is 0.421. The fraction of sp³-hybridized carbons (Fsp3) is 0.484. The van der Waals surface area contributed by atoms with E-state index in [-0.39, 0.29) is 11.5 Å². The Kier molecular flexibility index (Phi) is 7.22. The highest BCUT2D eigenvalue weighted by atomic mass is 16.3. The fourth-order valence-electron chi connectivity index (χ4n) is 6.27. The molecule has 0 saturated heterocycles. The van der Waals surface area contributed by atoms with Gasteiger partial charge < -0.3 is 14.4 Å². The first-order valence-corrected chi connectivity index (χ1v) is 13.3. The predicted molar refractivity (Wildman–Crippen MR) is 141 cm³/mol. The lowest BCUT2D eigenvalue weighted by molar-refractivity contribution is 0.0115. The van der Waals surface area contributed by atoms with E-state index in [1.807, 2.05) is 6.07 Å². The van der Waals surface area contributed by atoms with Crippen LogP contribution in [0, 0.1) is 5.92 Å². The van der Waals surface area contributed by atoms with Crippen molar-refractivity contribution in [1.29, 1.82) is 0 Å². The standard InChI is InChI=1S/C31H39NO2/c1-31(27-14-6-3-7-15-27,30(33)26-10-4-2-5-11-26)19-22-32-20-9-13-24(17-21-32)28-16-8-12-25-18-23-34-29(25)28/h3,6-8,12-16,18,23,26,30,33H,2,4-5,9-11,17,19-22H2,1H3. The third-order valence-electron chi connectivity index (χ3n) is 8.49. The molecule has 2 aromatic carbocycles. The fourth-order valence-corrected chi connectivity index (χ4v) is 6.27. The molecule has 1 aliphatic heterocycles. The highest BCUT2D eigenvalue weighted by Gasteiger charge is 2.39. The van der Waals surface area contributed by atoms with E-state index in [9.17, 15) is 5.11 Å². The van der Waals surface area contributed by atoms with Crippen molar-refractivity contribution in [3.05, 3.63) is 78.1 Å². The second-order valence-electron chi connectivity index (χ2n) is 10.6. The summed E-state index contributed by atoms with van der Waals surface area (Å²) in [6.07, 6.45) is 13.2. The van der Waals surface area contributed by atoms with Gasteiger partial charge in [-0.3, -0.25) is 0 Å². The topological polar surface area (TPSA) is 36.6 Å². The molecule has 2 unspecified atom stereocenters. The van der Waals surface area contributed by atoms with Crippen molar-refractivity contribution in [3.8, 4) is 0 Å². The molecular formula is C31H39NO2. The molecule has 3 nitrogen and oxygen atoms in total. The zero-order chi connectivity index (χ0) is 23.4. The van der Waals surface area contributed by atoms with Crippen LogP contribution in [0.5, 0.6) is 0 Å². The maximum atomic E-state index is 11.7. The van der Waals surface area contributed by atoms with Gasteiger partial charge in [0.25, 0.3) is 0 Å². The summed E-state index contributed by atoms with van der Waals surface area (Å²) < 4.78 is 5.81. The van der Waals surface area contributed by atoms with E-state index >= 15 is 0 Å². The zero-order valence-corrected chi connectivity index (χ0v) is 20.6. The molecule has 1 aliphatic carbocycles. The van der Waals surface area contributed by atoms with Crippen LogP contribution in [0.4, 0.5) is 0 Å². The van der Waals surface area contributed by atoms with Crippen LogP contribution in [0.15, 0.2) is 71.4 Å². The van der Waals surface area contributed by atoms with Gasteiger partial charge in [0.15, 0.2) is 0 Å². The average Bonchev–Trinajstić information content (AvgIpc) is 3.26. The van der Waals surface area contributed by atoms with Crippen LogP contribution in [-0.4, -0.2) is 35.7 Å². The number of hydrogen-bond acceptors (Lipinski definition) is 3. The number of furan rings is 1. The smallest absolute Gasteiger partial charge is 0.141 e. The Morgan fingerprint density at radius 1 is 1.00 bits per heavy atom. The van der Waals surface area contributed by atoms with Gasteiger partial charge in [0.05, 0.1) is 12.4 Å². The van der Waals surface area contributed by atoms with Crippen molar-refractivity contribution in [2.75, 3.05) is 19.6 Å². The highest BCUT2D eigenvalue weighted by molar-refractivity contribution is 5.89. The molecule has 1 fully saturated rings. The monoisotopic (exact) mass is 457 g/mol. The van der Waals surface area contributed by atoms with Crippen molar-refractivity contribution in [1.82, 2.24) is 4.90 Å². The van der Waals surface area contributed by atoms with E-state index in [4.69, 9.17) is 4.42 Å². The normalized spacial score (nSPS) is 21.1. The molecule has 1 N–H and O–H groups in total. The molecular weight excluding hydrogens is 418 g/mol. The summed E-state index contributed by atoms with van der Waals surface area (Å²) >= 11 is 0. The van der Waals surface area contributed by atoms with E-state index < -0.39 is 0 Å². The van der Waals surface area contributed by atoms with Crippen LogP contribution in [-0.2, 0) is 5.41 Å². The number of rotatable bonds is 7. The van der Waals surface area contributed by atoms with E-state index in [2.05, 4.69) is 66.4 Å². The van der Waals surface area contributed by atoms with Crippen molar-refractivity contribution in [3.63, 3.8) is 0 Å².